The Balaban J connectivity index is 2.33. The van der Waals surface area contributed by atoms with Gasteiger partial charge >= 0.3 is 5.97 Å². The highest BCUT2D eigenvalue weighted by Crippen LogP contribution is 2.23. The Morgan fingerprint density at radius 2 is 1.82 bits per heavy atom. The number of hydrogen-bond acceptors (Lipinski definition) is 2. The summed E-state index contributed by atoms with van der Waals surface area (Å²) in [5, 5.41) is 8.96. The molecule has 2 aromatic rings. The van der Waals surface area contributed by atoms with Gasteiger partial charge in [-0.05, 0) is 29.8 Å². The van der Waals surface area contributed by atoms with Crippen LogP contribution in [-0.4, -0.2) is 15.6 Å². The van der Waals surface area contributed by atoms with Crippen molar-refractivity contribution in [1.29, 1.82) is 0 Å². The van der Waals surface area contributed by atoms with Crippen LogP contribution >= 0.6 is 0 Å². The molecule has 3 N–H and O–H groups in total. The topological polar surface area (TPSA) is 68.2 Å². The fourth-order valence-corrected chi connectivity index (χ4v) is 1.83. The minimum absolute atomic E-state index is 0.0542. The summed E-state index contributed by atoms with van der Waals surface area (Å²) in [6.45, 7) is 0. The molecule has 0 aliphatic carbocycles. The van der Waals surface area contributed by atoms with Gasteiger partial charge in [-0.2, -0.15) is 0 Å². The molecule has 0 fully saturated rings. The molecule has 1 aromatic heterocycles. The van der Waals surface area contributed by atoms with E-state index in [-0.39, 0.29) is 12.5 Å². The van der Waals surface area contributed by atoms with E-state index >= 15 is 0 Å². The first-order valence-corrected chi connectivity index (χ1v) is 5.36. The summed E-state index contributed by atoms with van der Waals surface area (Å²) in [5.41, 5.74) is 7.24. The summed E-state index contributed by atoms with van der Waals surface area (Å²) in [6.07, 6.45) is 3.78. The van der Waals surface area contributed by atoms with E-state index < -0.39 is 5.97 Å². The SMILES string of the molecule is Nc1ccc([C@H](CC(=O)O)n2cccc2)cc1. The monoisotopic (exact) mass is 230 g/mol. The highest BCUT2D eigenvalue weighted by atomic mass is 16.4. The first-order chi connectivity index (χ1) is 8.16. The van der Waals surface area contributed by atoms with Crippen LogP contribution in [0.15, 0.2) is 48.8 Å². The standard InChI is InChI=1S/C13H14N2O2/c14-11-5-3-10(4-6-11)12(9-13(16)17)15-7-1-2-8-15/h1-8,12H,9,14H2,(H,16,17)/t12-/m0/s1. The smallest absolute Gasteiger partial charge is 0.305 e. The number of carbonyl (C=O) groups is 1. The average Bonchev–Trinajstić information content (AvgIpc) is 2.80. The maximum atomic E-state index is 10.9. The second-order valence-corrected chi connectivity index (χ2v) is 3.91. The van der Waals surface area contributed by atoms with Crippen molar-refractivity contribution >= 4 is 11.7 Å². The van der Waals surface area contributed by atoms with Crippen LogP contribution in [0.4, 0.5) is 5.69 Å². The number of nitrogen functional groups attached to an aromatic ring is 1. The molecule has 88 valence electrons. The fourth-order valence-electron chi connectivity index (χ4n) is 1.83. The fraction of sp³-hybridized carbons (Fsp3) is 0.154. The molecule has 1 aromatic carbocycles. The van der Waals surface area contributed by atoms with Crippen molar-refractivity contribution in [3.8, 4) is 0 Å². The number of hydrogen-bond donors (Lipinski definition) is 2. The van der Waals surface area contributed by atoms with Crippen LogP contribution in [0.5, 0.6) is 0 Å². The molecule has 0 spiro atoms. The van der Waals surface area contributed by atoms with E-state index in [1.165, 1.54) is 0 Å². The van der Waals surface area contributed by atoms with Crippen molar-refractivity contribution in [2.75, 3.05) is 5.73 Å². The van der Waals surface area contributed by atoms with Crippen molar-refractivity contribution in [3.05, 3.63) is 54.4 Å². The third-order valence-electron chi connectivity index (χ3n) is 2.68. The number of carboxylic acids is 1. The van der Waals surface area contributed by atoms with Crippen LogP contribution < -0.4 is 5.73 Å². The zero-order valence-corrected chi connectivity index (χ0v) is 9.28. The largest absolute Gasteiger partial charge is 0.481 e. The molecule has 4 nitrogen and oxygen atoms in total. The zero-order chi connectivity index (χ0) is 12.3. The number of anilines is 1. The normalized spacial score (nSPS) is 12.2. The number of aromatic nitrogens is 1. The predicted octanol–water partition coefficient (Wildman–Crippen LogP) is 2.13. The average molecular weight is 230 g/mol. The Labute approximate surface area is 99.3 Å². The number of nitrogens with zero attached hydrogens (tertiary/aromatic N) is 1. The number of benzene rings is 1. The van der Waals surface area contributed by atoms with Gasteiger partial charge in [0.15, 0.2) is 0 Å². The summed E-state index contributed by atoms with van der Waals surface area (Å²) >= 11 is 0. The van der Waals surface area contributed by atoms with Crippen molar-refractivity contribution < 1.29 is 9.90 Å². The van der Waals surface area contributed by atoms with Crippen LogP contribution in [-0.2, 0) is 4.79 Å². The highest BCUT2D eigenvalue weighted by Gasteiger charge is 2.16. The molecule has 0 unspecified atom stereocenters. The maximum Gasteiger partial charge on any atom is 0.305 e. The summed E-state index contributed by atoms with van der Waals surface area (Å²) in [7, 11) is 0. The van der Waals surface area contributed by atoms with Gasteiger partial charge in [0.2, 0.25) is 0 Å². The molecular formula is C13H14N2O2. The maximum absolute atomic E-state index is 10.9. The van der Waals surface area contributed by atoms with E-state index in [9.17, 15) is 4.79 Å². The summed E-state index contributed by atoms with van der Waals surface area (Å²) in [6, 6.07) is 10.9. The lowest BCUT2D eigenvalue weighted by Gasteiger charge is -2.17. The van der Waals surface area contributed by atoms with Gasteiger partial charge < -0.3 is 15.4 Å². The number of nitrogens with two attached hydrogens (primary N) is 1. The summed E-state index contributed by atoms with van der Waals surface area (Å²) in [5.74, 6) is -0.819. The third kappa shape index (κ3) is 2.66. The second-order valence-electron chi connectivity index (χ2n) is 3.91. The van der Waals surface area contributed by atoms with Gasteiger partial charge in [0.05, 0.1) is 12.5 Å². The Morgan fingerprint density at radius 3 is 2.35 bits per heavy atom. The van der Waals surface area contributed by atoms with E-state index in [0.29, 0.717) is 5.69 Å². The zero-order valence-electron chi connectivity index (χ0n) is 9.28. The van der Waals surface area contributed by atoms with E-state index in [1.54, 1.807) is 12.1 Å². The lowest BCUT2D eigenvalue weighted by Crippen LogP contribution is -2.13. The first kappa shape index (κ1) is 11.3. The second kappa shape index (κ2) is 4.74. The Kier molecular flexibility index (Phi) is 3.14. The lowest BCUT2D eigenvalue weighted by molar-refractivity contribution is -0.137. The minimum atomic E-state index is -0.819. The molecule has 0 aliphatic heterocycles. The highest BCUT2D eigenvalue weighted by molar-refractivity contribution is 5.68. The molecule has 0 saturated heterocycles. The Morgan fingerprint density at radius 1 is 1.24 bits per heavy atom. The van der Waals surface area contributed by atoms with Gasteiger partial charge in [-0.25, -0.2) is 0 Å². The predicted molar refractivity (Wildman–Crippen MR) is 65.7 cm³/mol. The molecule has 1 heterocycles. The van der Waals surface area contributed by atoms with Gasteiger partial charge in [-0.15, -0.1) is 0 Å². The van der Waals surface area contributed by atoms with Crippen LogP contribution in [0.2, 0.25) is 0 Å². The number of rotatable bonds is 4. The van der Waals surface area contributed by atoms with Crippen molar-refractivity contribution in [2.45, 2.75) is 12.5 Å². The minimum Gasteiger partial charge on any atom is -0.481 e. The summed E-state index contributed by atoms with van der Waals surface area (Å²) < 4.78 is 1.89. The van der Waals surface area contributed by atoms with Crippen LogP contribution in [0.1, 0.15) is 18.0 Å². The van der Waals surface area contributed by atoms with Crippen molar-refractivity contribution in [3.63, 3.8) is 0 Å². The van der Waals surface area contributed by atoms with E-state index in [4.69, 9.17) is 10.8 Å². The molecular weight excluding hydrogens is 216 g/mol. The quantitative estimate of drug-likeness (QED) is 0.790. The number of aliphatic carboxylic acids is 1. The van der Waals surface area contributed by atoms with E-state index in [1.807, 2.05) is 41.2 Å². The number of carboxylic acid groups (broad SMARTS) is 1. The van der Waals surface area contributed by atoms with Gasteiger partial charge in [0.1, 0.15) is 0 Å². The van der Waals surface area contributed by atoms with Crippen LogP contribution in [0, 0.1) is 0 Å². The molecule has 0 saturated carbocycles. The molecule has 17 heavy (non-hydrogen) atoms. The Bertz CT molecular complexity index is 489. The summed E-state index contributed by atoms with van der Waals surface area (Å²) in [4.78, 5) is 10.9. The molecule has 0 bridgehead atoms. The molecule has 1 atom stereocenters. The van der Waals surface area contributed by atoms with Crippen LogP contribution in [0.3, 0.4) is 0 Å². The third-order valence-corrected chi connectivity index (χ3v) is 2.68. The van der Waals surface area contributed by atoms with Gasteiger partial charge in [-0.3, -0.25) is 4.79 Å². The molecule has 0 aliphatic rings. The lowest BCUT2D eigenvalue weighted by atomic mass is 10.0. The van der Waals surface area contributed by atoms with Gasteiger partial charge in [0, 0.05) is 18.1 Å². The molecule has 2 rings (SSSR count). The molecule has 0 amide bonds. The van der Waals surface area contributed by atoms with Crippen LogP contribution in [0.25, 0.3) is 0 Å². The van der Waals surface area contributed by atoms with E-state index in [2.05, 4.69) is 0 Å². The molecule has 4 heteroatoms. The first-order valence-electron chi connectivity index (χ1n) is 5.36. The molecule has 0 radical (unpaired) electrons. The van der Waals surface area contributed by atoms with Crippen molar-refractivity contribution in [1.82, 2.24) is 4.57 Å². The Hall–Kier alpha value is -2.23. The van der Waals surface area contributed by atoms with Crippen molar-refractivity contribution in [2.24, 2.45) is 0 Å². The van der Waals surface area contributed by atoms with E-state index in [0.717, 1.165) is 5.56 Å². The van der Waals surface area contributed by atoms with Gasteiger partial charge in [0.25, 0.3) is 0 Å². The van der Waals surface area contributed by atoms with Gasteiger partial charge in [-0.1, -0.05) is 12.1 Å².